The first kappa shape index (κ1) is 19.7. The monoisotopic (exact) mass is 363 g/mol. The number of pyridine rings is 1. The van der Waals surface area contributed by atoms with Crippen LogP contribution in [0.15, 0.2) is 12.1 Å². The number of anilines is 1. The normalized spacial score (nSPS) is 14.4. The van der Waals surface area contributed by atoms with E-state index in [1.54, 1.807) is 19.9 Å². The number of nitrogens with zero attached hydrogens (tertiary/aromatic N) is 1. The van der Waals surface area contributed by atoms with Gasteiger partial charge in [-0.25, -0.2) is 9.78 Å². The molecule has 0 unspecified atom stereocenters. The van der Waals surface area contributed by atoms with Crippen LogP contribution in [0.25, 0.3) is 0 Å². The molecule has 0 radical (unpaired) electrons. The highest BCUT2D eigenvalue weighted by Crippen LogP contribution is 2.41. The number of rotatable bonds is 9. The summed E-state index contributed by atoms with van der Waals surface area (Å²) in [5, 5.41) is 2.60. The Balaban J connectivity index is 2.05. The number of aromatic nitrogens is 1. The molecule has 1 saturated carbocycles. The number of nitrogens with one attached hydrogen (secondary N) is 1. The SMILES string of the molecule is CCOC(=O)CC[C@H](NC(=O)c1ccc(N)c(C2CC2)n1)C(=O)OCC. The molecule has 26 heavy (non-hydrogen) atoms. The fourth-order valence-electron chi connectivity index (χ4n) is 2.52. The Hall–Kier alpha value is -2.64. The van der Waals surface area contributed by atoms with Crippen molar-refractivity contribution >= 4 is 23.5 Å². The van der Waals surface area contributed by atoms with Gasteiger partial charge >= 0.3 is 11.9 Å². The molecular weight excluding hydrogens is 338 g/mol. The zero-order valence-electron chi connectivity index (χ0n) is 15.1. The summed E-state index contributed by atoms with van der Waals surface area (Å²) in [5.74, 6) is -1.23. The molecule has 1 aliphatic rings. The summed E-state index contributed by atoms with van der Waals surface area (Å²) >= 11 is 0. The van der Waals surface area contributed by atoms with Crippen LogP contribution in [-0.2, 0) is 19.1 Å². The van der Waals surface area contributed by atoms with Gasteiger partial charge in [0.2, 0.25) is 0 Å². The number of esters is 2. The number of carbonyl (C=O) groups excluding carboxylic acids is 3. The molecule has 1 aliphatic carbocycles. The zero-order valence-corrected chi connectivity index (χ0v) is 15.1. The topological polar surface area (TPSA) is 121 Å². The van der Waals surface area contributed by atoms with Crippen LogP contribution in [-0.4, -0.2) is 42.1 Å². The van der Waals surface area contributed by atoms with Gasteiger partial charge < -0.3 is 20.5 Å². The smallest absolute Gasteiger partial charge is 0.328 e. The standard InChI is InChI=1S/C18H25N3O5/c1-3-25-15(22)10-9-14(18(24)26-4-2)21-17(23)13-8-7-12(19)16(20-13)11-5-6-11/h7-8,11,14H,3-6,9-10,19H2,1-2H3,(H,21,23)/t14-/m0/s1. The van der Waals surface area contributed by atoms with Crippen LogP contribution in [0.3, 0.4) is 0 Å². The largest absolute Gasteiger partial charge is 0.466 e. The molecule has 1 aromatic heterocycles. The number of hydrogen-bond acceptors (Lipinski definition) is 7. The van der Waals surface area contributed by atoms with Crippen molar-refractivity contribution in [3.63, 3.8) is 0 Å². The molecule has 0 saturated heterocycles. The maximum atomic E-state index is 12.5. The first-order valence-corrected chi connectivity index (χ1v) is 8.85. The van der Waals surface area contributed by atoms with Crippen molar-refractivity contribution in [1.29, 1.82) is 0 Å². The second kappa shape index (κ2) is 9.17. The molecule has 1 amide bonds. The molecule has 1 atom stereocenters. The lowest BCUT2D eigenvalue weighted by molar-refractivity contribution is -0.146. The lowest BCUT2D eigenvalue weighted by Crippen LogP contribution is -2.42. The van der Waals surface area contributed by atoms with Crippen molar-refractivity contribution in [2.75, 3.05) is 18.9 Å². The van der Waals surface area contributed by atoms with Crippen LogP contribution >= 0.6 is 0 Å². The molecular formula is C18H25N3O5. The van der Waals surface area contributed by atoms with E-state index in [0.717, 1.165) is 18.5 Å². The second-order valence-corrected chi connectivity index (χ2v) is 6.07. The summed E-state index contributed by atoms with van der Waals surface area (Å²) < 4.78 is 9.83. The zero-order chi connectivity index (χ0) is 19.1. The van der Waals surface area contributed by atoms with Gasteiger partial charge in [0.1, 0.15) is 11.7 Å². The molecule has 2 rings (SSSR count). The summed E-state index contributed by atoms with van der Waals surface area (Å²) in [6.07, 6.45) is 2.11. The van der Waals surface area contributed by atoms with Crippen LogP contribution < -0.4 is 11.1 Å². The van der Waals surface area contributed by atoms with Crippen LogP contribution in [0, 0.1) is 0 Å². The van der Waals surface area contributed by atoms with E-state index >= 15 is 0 Å². The highest BCUT2D eigenvalue weighted by atomic mass is 16.5. The average Bonchev–Trinajstić information content (AvgIpc) is 3.44. The van der Waals surface area contributed by atoms with Gasteiger partial charge in [0, 0.05) is 12.3 Å². The summed E-state index contributed by atoms with van der Waals surface area (Å²) in [6.45, 7) is 3.81. The predicted molar refractivity (Wildman–Crippen MR) is 94.4 cm³/mol. The summed E-state index contributed by atoms with van der Waals surface area (Å²) in [6, 6.07) is 2.22. The molecule has 0 aromatic carbocycles. The van der Waals surface area contributed by atoms with E-state index in [1.807, 2.05) is 0 Å². The molecule has 8 nitrogen and oxygen atoms in total. The Bertz CT molecular complexity index is 673. The van der Waals surface area contributed by atoms with Crippen LogP contribution in [0.5, 0.6) is 0 Å². The van der Waals surface area contributed by atoms with Gasteiger partial charge in [-0.05, 0) is 45.2 Å². The van der Waals surface area contributed by atoms with E-state index in [1.165, 1.54) is 6.07 Å². The number of amides is 1. The summed E-state index contributed by atoms with van der Waals surface area (Å²) in [5.41, 5.74) is 7.38. The van der Waals surface area contributed by atoms with Crippen molar-refractivity contribution in [2.24, 2.45) is 0 Å². The predicted octanol–water partition coefficient (Wildman–Crippen LogP) is 1.55. The van der Waals surface area contributed by atoms with Crippen LogP contribution in [0.1, 0.15) is 61.6 Å². The molecule has 142 valence electrons. The second-order valence-electron chi connectivity index (χ2n) is 6.07. The summed E-state index contributed by atoms with van der Waals surface area (Å²) in [7, 11) is 0. The van der Waals surface area contributed by atoms with Gasteiger partial charge in [0.25, 0.3) is 5.91 Å². The van der Waals surface area contributed by atoms with E-state index in [-0.39, 0.29) is 31.7 Å². The maximum absolute atomic E-state index is 12.5. The maximum Gasteiger partial charge on any atom is 0.328 e. The van der Waals surface area contributed by atoms with Gasteiger partial charge in [-0.3, -0.25) is 9.59 Å². The number of nitrogen functional groups attached to an aromatic ring is 1. The number of ether oxygens (including phenoxy) is 2. The van der Waals surface area contributed by atoms with Crippen molar-refractivity contribution in [3.05, 3.63) is 23.5 Å². The number of carbonyl (C=O) groups is 3. The third-order valence-electron chi connectivity index (χ3n) is 3.97. The van der Waals surface area contributed by atoms with E-state index in [4.69, 9.17) is 15.2 Å². The van der Waals surface area contributed by atoms with Crippen molar-refractivity contribution in [3.8, 4) is 0 Å². The van der Waals surface area contributed by atoms with Crippen LogP contribution in [0.2, 0.25) is 0 Å². The van der Waals surface area contributed by atoms with E-state index in [2.05, 4.69) is 10.3 Å². The molecule has 0 bridgehead atoms. The minimum absolute atomic E-state index is 0.0000907. The molecule has 1 aromatic rings. The average molecular weight is 363 g/mol. The first-order chi connectivity index (χ1) is 12.5. The van der Waals surface area contributed by atoms with Gasteiger partial charge in [0.05, 0.1) is 24.6 Å². The van der Waals surface area contributed by atoms with Crippen LogP contribution in [0.4, 0.5) is 5.69 Å². The third-order valence-corrected chi connectivity index (χ3v) is 3.97. The van der Waals surface area contributed by atoms with E-state index in [9.17, 15) is 14.4 Å². The van der Waals surface area contributed by atoms with Crippen molar-refractivity contribution in [2.45, 2.75) is 51.5 Å². The third kappa shape index (κ3) is 5.44. The molecule has 0 spiro atoms. The molecule has 1 fully saturated rings. The van der Waals surface area contributed by atoms with Gasteiger partial charge in [-0.2, -0.15) is 0 Å². The highest BCUT2D eigenvalue weighted by Gasteiger charge is 2.29. The Labute approximate surface area is 152 Å². The Morgan fingerprint density at radius 1 is 1.23 bits per heavy atom. The summed E-state index contributed by atoms with van der Waals surface area (Å²) in [4.78, 5) is 40.5. The lowest BCUT2D eigenvalue weighted by Gasteiger charge is -2.17. The fourth-order valence-corrected chi connectivity index (χ4v) is 2.52. The molecule has 8 heteroatoms. The number of hydrogen-bond donors (Lipinski definition) is 2. The Morgan fingerprint density at radius 3 is 2.54 bits per heavy atom. The fraction of sp³-hybridized carbons (Fsp3) is 0.556. The highest BCUT2D eigenvalue weighted by molar-refractivity contribution is 5.95. The number of nitrogens with two attached hydrogens (primary N) is 1. The molecule has 1 heterocycles. The lowest BCUT2D eigenvalue weighted by atomic mass is 10.1. The van der Waals surface area contributed by atoms with Crippen molar-refractivity contribution in [1.82, 2.24) is 10.3 Å². The van der Waals surface area contributed by atoms with Gasteiger partial charge in [-0.1, -0.05) is 0 Å². The van der Waals surface area contributed by atoms with E-state index in [0.29, 0.717) is 11.6 Å². The first-order valence-electron chi connectivity index (χ1n) is 8.85. The van der Waals surface area contributed by atoms with Gasteiger partial charge in [0.15, 0.2) is 0 Å². The minimum Gasteiger partial charge on any atom is -0.466 e. The quantitative estimate of drug-likeness (QED) is 0.638. The van der Waals surface area contributed by atoms with E-state index < -0.39 is 23.9 Å². The molecule has 0 aliphatic heterocycles. The molecule has 3 N–H and O–H groups in total. The van der Waals surface area contributed by atoms with Crippen molar-refractivity contribution < 1.29 is 23.9 Å². The van der Waals surface area contributed by atoms with Gasteiger partial charge in [-0.15, -0.1) is 0 Å². The minimum atomic E-state index is -0.949. The Kier molecular flexibility index (Phi) is 6.94. The Morgan fingerprint density at radius 2 is 1.92 bits per heavy atom.